The van der Waals surface area contributed by atoms with Gasteiger partial charge in [-0.25, -0.2) is 0 Å². The average molecular weight is 205 g/mol. The first kappa shape index (κ1) is 9.13. The molecule has 1 heterocycles. The summed E-state index contributed by atoms with van der Waals surface area (Å²) in [6.07, 6.45) is 7.96. The molecule has 3 nitrogen and oxygen atoms in total. The molecule has 1 aliphatic heterocycles. The van der Waals surface area contributed by atoms with Crippen LogP contribution in [0.25, 0.3) is 0 Å². The van der Waals surface area contributed by atoms with E-state index in [0.717, 1.165) is 12.8 Å². The molecule has 0 radical (unpaired) electrons. The lowest BCUT2D eigenvalue weighted by atomic mass is 9.85. The molecule has 0 aromatic heterocycles. The quantitative estimate of drug-likeness (QED) is 0.504. The molecule has 0 unspecified atom stereocenters. The smallest absolute Gasteiger partial charge is 0.233 e. The summed E-state index contributed by atoms with van der Waals surface area (Å²) < 4.78 is 0. The Hall–Kier alpha value is -1.12. The van der Waals surface area contributed by atoms with Gasteiger partial charge in [0.1, 0.15) is 0 Å². The molecular formula is C12H15NO2. The third kappa shape index (κ3) is 1.41. The van der Waals surface area contributed by atoms with Crippen LogP contribution in [-0.4, -0.2) is 23.3 Å². The minimum Gasteiger partial charge on any atom is -0.282 e. The summed E-state index contributed by atoms with van der Waals surface area (Å²) in [6, 6.07) is 0. The summed E-state index contributed by atoms with van der Waals surface area (Å²) >= 11 is 0. The van der Waals surface area contributed by atoms with Gasteiger partial charge in [-0.1, -0.05) is 12.2 Å². The van der Waals surface area contributed by atoms with Gasteiger partial charge < -0.3 is 0 Å². The van der Waals surface area contributed by atoms with Crippen LogP contribution in [0.1, 0.15) is 25.7 Å². The second-order valence-electron chi connectivity index (χ2n) is 4.89. The molecule has 0 spiro atoms. The monoisotopic (exact) mass is 205 g/mol. The number of nitrogens with zero attached hydrogens (tertiary/aromatic N) is 1. The molecule has 3 heteroatoms. The van der Waals surface area contributed by atoms with Crippen molar-refractivity contribution < 1.29 is 9.59 Å². The Kier molecular flexibility index (Phi) is 1.94. The van der Waals surface area contributed by atoms with E-state index in [9.17, 15) is 9.59 Å². The Labute approximate surface area is 89.1 Å². The van der Waals surface area contributed by atoms with Crippen molar-refractivity contribution in [2.24, 2.45) is 17.8 Å². The fraction of sp³-hybridized carbons (Fsp3) is 0.667. The molecule has 0 aromatic carbocycles. The number of fused-ring (bicyclic) bond motifs is 1. The second kappa shape index (κ2) is 3.19. The third-order valence-electron chi connectivity index (χ3n) is 3.74. The maximum atomic E-state index is 12.0. The summed E-state index contributed by atoms with van der Waals surface area (Å²) in [5.74, 6) is 0.691. The highest BCUT2D eigenvalue weighted by Gasteiger charge is 2.48. The number of likely N-dealkylation sites (tertiary alicyclic amines) is 1. The number of hydrogen-bond acceptors (Lipinski definition) is 2. The molecule has 0 N–H and O–H groups in total. The first-order chi connectivity index (χ1) is 7.27. The van der Waals surface area contributed by atoms with Gasteiger partial charge in [-0.2, -0.15) is 0 Å². The van der Waals surface area contributed by atoms with Gasteiger partial charge >= 0.3 is 0 Å². The highest BCUT2D eigenvalue weighted by Crippen LogP contribution is 2.38. The molecule has 2 aliphatic carbocycles. The van der Waals surface area contributed by atoms with Gasteiger partial charge in [0.25, 0.3) is 0 Å². The Morgan fingerprint density at radius 3 is 2.07 bits per heavy atom. The van der Waals surface area contributed by atoms with E-state index in [2.05, 4.69) is 0 Å². The number of carbonyl (C=O) groups excluding carboxylic acids is 2. The Morgan fingerprint density at radius 1 is 1.07 bits per heavy atom. The van der Waals surface area contributed by atoms with E-state index in [-0.39, 0.29) is 23.7 Å². The number of hydrogen-bond donors (Lipinski definition) is 0. The standard InChI is InChI=1S/C12H15NO2/c14-11-9-3-1-2-4-10(9)12(15)13(11)7-8-5-6-8/h1-2,8-10H,3-7H2/t9-,10-/m1/s1. The van der Waals surface area contributed by atoms with Gasteiger partial charge in [-0.15, -0.1) is 0 Å². The second-order valence-corrected chi connectivity index (χ2v) is 4.89. The Morgan fingerprint density at radius 2 is 1.60 bits per heavy atom. The van der Waals surface area contributed by atoms with Crippen LogP contribution < -0.4 is 0 Å². The summed E-state index contributed by atoms with van der Waals surface area (Å²) in [5.41, 5.74) is 0. The zero-order chi connectivity index (χ0) is 10.4. The number of rotatable bonds is 2. The van der Waals surface area contributed by atoms with Crippen LogP contribution in [0, 0.1) is 17.8 Å². The topological polar surface area (TPSA) is 37.4 Å². The van der Waals surface area contributed by atoms with Crippen molar-refractivity contribution in [3.8, 4) is 0 Å². The fourth-order valence-electron chi connectivity index (χ4n) is 2.61. The van der Waals surface area contributed by atoms with Gasteiger partial charge in [0.2, 0.25) is 11.8 Å². The zero-order valence-electron chi connectivity index (χ0n) is 8.69. The van der Waals surface area contributed by atoms with Crippen LogP contribution in [0.5, 0.6) is 0 Å². The minimum absolute atomic E-state index is 0.0405. The number of imide groups is 1. The molecule has 80 valence electrons. The molecule has 2 atom stereocenters. The van der Waals surface area contributed by atoms with Crippen LogP contribution in [0.4, 0.5) is 0 Å². The summed E-state index contributed by atoms with van der Waals surface area (Å²) in [4.78, 5) is 25.5. The van der Waals surface area contributed by atoms with Crippen LogP contribution in [0.3, 0.4) is 0 Å². The summed E-state index contributed by atoms with van der Waals surface area (Å²) in [6.45, 7) is 0.685. The van der Waals surface area contributed by atoms with E-state index < -0.39 is 0 Å². The molecule has 3 aliphatic rings. The van der Waals surface area contributed by atoms with E-state index in [1.807, 2.05) is 12.2 Å². The van der Waals surface area contributed by atoms with Crippen molar-refractivity contribution in [3.05, 3.63) is 12.2 Å². The van der Waals surface area contributed by atoms with Crippen molar-refractivity contribution in [2.75, 3.05) is 6.54 Å². The lowest BCUT2D eigenvalue weighted by Gasteiger charge is -2.14. The highest BCUT2D eigenvalue weighted by molar-refractivity contribution is 6.05. The van der Waals surface area contributed by atoms with E-state index in [4.69, 9.17) is 0 Å². The predicted molar refractivity (Wildman–Crippen MR) is 54.8 cm³/mol. The zero-order valence-corrected chi connectivity index (χ0v) is 8.69. The first-order valence-electron chi connectivity index (χ1n) is 5.77. The van der Waals surface area contributed by atoms with Crippen molar-refractivity contribution in [2.45, 2.75) is 25.7 Å². The number of allylic oxidation sites excluding steroid dienone is 2. The van der Waals surface area contributed by atoms with Crippen LogP contribution in [0.2, 0.25) is 0 Å². The summed E-state index contributed by atoms with van der Waals surface area (Å²) in [7, 11) is 0. The molecule has 2 fully saturated rings. The SMILES string of the molecule is O=C1[C@@H]2CC=CC[C@H]2C(=O)N1CC1CC1. The van der Waals surface area contributed by atoms with Crippen molar-refractivity contribution in [3.63, 3.8) is 0 Å². The molecule has 1 saturated carbocycles. The van der Waals surface area contributed by atoms with Crippen LogP contribution >= 0.6 is 0 Å². The van der Waals surface area contributed by atoms with Gasteiger partial charge in [-0.05, 0) is 31.6 Å². The van der Waals surface area contributed by atoms with E-state index >= 15 is 0 Å². The maximum Gasteiger partial charge on any atom is 0.233 e. The van der Waals surface area contributed by atoms with E-state index in [1.165, 1.54) is 17.7 Å². The molecule has 0 aromatic rings. The fourth-order valence-corrected chi connectivity index (χ4v) is 2.61. The van der Waals surface area contributed by atoms with Crippen LogP contribution in [0.15, 0.2) is 12.2 Å². The van der Waals surface area contributed by atoms with Crippen LogP contribution in [-0.2, 0) is 9.59 Å². The minimum atomic E-state index is -0.0405. The van der Waals surface area contributed by atoms with Crippen molar-refractivity contribution in [1.29, 1.82) is 0 Å². The Bertz CT molecular complexity index is 318. The van der Waals surface area contributed by atoms with E-state index in [0.29, 0.717) is 12.5 Å². The molecule has 0 bridgehead atoms. The van der Waals surface area contributed by atoms with Gasteiger partial charge in [0.05, 0.1) is 11.8 Å². The maximum absolute atomic E-state index is 12.0. The normalized spacial score (nSPS) is 34.8. The Balaban J connectivity index is 1.80. The van der Waals surface area contributed by atoms with Crippen molar-refractivity contribution >= 4 is 11.8 Å². The van der Waals surface area contributed by atoms with E-state index in [1.54, 1.807) is 0 Å². The largest absolute Gasteiger partial charge is 0.282 e. The molecule has 1 saturated heterocycles. The molecule has 15 heavy (non-hydrogen) atoms. The predicted octanol–water partition coefficient (Wildman–Crippen LogP) is 1.35. The lowest BCUT2D eigenvalue weighted by Crippen LogP contribution is -2.32. The van der Waals surface area contributed by atoms with Gasteiger partial charge in [0, 0.05) is 6.54 Å². The number of carbonyl (C=O) groups is 2. The summed E-state index contributed by atoms with van der Waals surface area (Å²) in [5, 5.41) is 0. The van der Waals surface area contributed by atoms with Crippen molar-refractivity contribution in [1.82, 2.24) is 4.90 Å². The van der Waals surface area contributed by atoms with Gasteiger partial charge in [0.15, 0.2) is 0 Å². The number of amides is 2. The molecule has 2 amide bonds. The van der Waals surface area contributed by atoms with Gasteiger partial charge in [-0.3, -0.25) is 14.5 Å². The third-order valence-corrected chi connectivity index (χ3v) is 3.74. The highest BCUT2D eigenvalue weighted by atomic mass is 16.2. The molecule has 3 rings (SSSR count). The first-order valence-corrected chi connectivity index (χ1v) is 5.77. The lowest BCUT2D eigenvalue weighted by molar-refractivity contribution is -0.140. The molecular weight excluding hydrogens is 190 g/mol. The average Bonchev–Trinajstić information content (AvgIpc) is 3.04.